The highest BCUT2D eigenvalue weighted by Gasteiger charge is 2.19. The van der Waals surface area contributed by atoms with Gasteiger partial charge in [-0.3, -0.25) is 4.79 Å². The maximum Gasteiger partial charge on any atom is 0.263 e. The van der Waals surface area contributed by atoms with E-state index in [9.17, 15) is 4.79 Å². The lowest BCUT2D eigenvalue weighted by atomic mass is 9.95. The number of carbonyl (C=O) groups excluding carboxylic acids is 1. The molecule has 4 nitrogen and oxygen atoms in total. The first kappa shape index (κ1) is 12.0. The minimum Gasteiger partial charge on any atom is -0.397 e. The lowest BCUT2D eigenvalue weighted by Gasteiger charge is -2.21. The molecule has 0 bridgehead atoms. The number of nitrogens with two attached hydrogens (primary N) is 1. The van der Waals surface area contributed by atoms with E-state index in [1.165, 1.54) is 11.3 Å². The van der Waals surface area contributed by atoms with Gasteiger partial charge in [0.05, 0.1) is 5.69 Å². The first-order chi connectivity index (χ1) is 6.96. The SMILES string of the molecule is CC(C)(CO)CNC(=O)c1sccc1N. The van der Waals surface area contributed by atoms with E-state index in [1.54, 1.807) is 11.4 Å². The normalized spacial score (nSPS) is 11.4. The number of thiophene rings is 1. The van der Waals surface area contributed by atoms with Crippen molar-refractivity contribution < 1.29 is 9.90 Å². The fourth-order valence-corrected chi connectivity index (χ4v) is 1.69. The lowest BCUT2D eigenvalue weighted by Crippen LogP contribution is -2.35. The third-order valence-corrected chi connectivity index (χ3v) is 2.99. The standard InChI is InChI=1S/C10H16N2O2S/c1-10(2,6-13)5-12-9(14)8-7(11)3-4-15-8/h3-4,13H,5-6,11H2,1-2H3,(H,12,14). The van der Waals surface area contributed by atoms with Crippen LogP contribution in [0.1, 0.15) is 23.5 Å². The predicted molar refractivity (Wildman–Crippen MR) is 61.9 cm³/mol. The zero-order valence-corrected chi connectivity index (χ0v) is 9.73. The van der Waals surface area contributed by atoms with Crippen LogP contribution in [-0.4, -0.2) is 24.2 Å². The maximum absolute atomic E-state index is 11.6. The summed E-state index contributed by atoms with van der Waals surface area (Å²) in [5.74, 6) is -0.177. The van der Waals surface area contributed by atoms with Crippen molar-refractivity contribution >= 4 is 22.9 Å². The van der Waals surface area contributed by atoms with Gasteiger partial charge in [0.15, 0.2) is 0 Å². The molecule has 0 saturated heterocycles. The Morgan fingerprint density at radius 2 is 2.33 bits per heavy atom. The Hall–Kier alpha value is -1.07. The van der Waals surface area contributed by atoms with E-state index in [1.807, 2.05) is 13.8 Å². The fraction of sp³-hybridized carbons (Fsp3) is 0.500. The molecule has 0 radical (unpaired) electrons. The number of hydrogen-bond acceptors (Lipinski definition) is 4. The van der Waals surface area contributed by atoms with E-state index in [0.717, 1.165) is 0 Å². The van der Waals surface area contributed by atoms with Crippen molar-refractivity contribution in [2.75, 3.05) is 18.9 Å². The molecule has 1 amide bonds. The number of anilines is 1. The van der Waals surface area contributed by atoms with Crippen LogP contribution < -0.4 is 11.1 Å². The second-order valence-corrected chi connectivity index (χ2v) is 5.13. The summed E-state index contributed by atoms with van der Waals surface area (Å²) in [7, 11) is 0. The summed E-state index contributed by atoms with van der Waals surface area (Å²) in [6.07, 6.45) is 0. The molecule has 1 heterocycles. The second-order valence-electron chi connectivity index (χ2n) is 4.21. The van der Waals surface area contributed by atoms with Crippen LogP contribution in [0.4, 0.5) is 5.69 Å². The van der Waals surface area contributed by atoms with Crippen LogP contribution in [0.5, 0.6) is 0 Å². The van der Waals surface area contributed by atoms with Gasteiger partial charge in [-0.25, -0.2) is 0 Å². The quantitative estimate of drug-likeness (QED) is 0.721. The summed E-state index contributed by atoms with van der Waals surface area (Å²) in [5.41, 5.74) is 5.81. The summed E-state index contributed by atoms with van der Waals surface area (Å²) in [4.78, 5) is 12.2. The number of hydrogen-bond donors (Lipinski definition) is 3. The molecule has 1 rings (SSSR count). The van der Waals surface area contributed by atoms with Crippen molar-refractivity contribution in [1.29, 1.82) is 0 Å². The number of aliphatic hydroxyl groups excluding tert-OH is 1. The maximum atomic E-state index is 11.6. The number of amides is 1. The van der Waals surface area contributed by atoms with E-state index in [-0.39, 0.29) is 17.9 Å². The van der Waals surface area contributed by atoms with E-state index in [0.29, 0.717) is 17.1 Å². The van der Waals surface area contributed by atoms with Crippen LogP contribution in [0.25, 0.3) is 0 Å². The van der Waals surface area contributed by atoms with Crippen LogP contribution in [-0.2, 0) is 0 Å². The average molecular weight is 228 g/mol. The molecule has 0 fully saturated rings. The molecule has 0 atom stereocenters. The summed E-state index contributed by atoms with van der Waals surface area (Å²) < 4.78 is 0. The number of rotatable bonds is 4. The van der Waals surface area contributed by atoms with E-state index in [2.05, 4.69) is 5.32 Å². The lowest BCUT2D eigenvalue weighted by molar-refractivity contribution is 0.0916. The van der Waals surface area contributed by atoms with Gasteiger partial charge in [0.25, 0.3) is 5.91 Å². The first-order valence-electron chi connectivity index (χ1n) is 4.68. The molecular weight excluding hydrogens is 212 g/mol. The highest BCUT2D eigenvalue weighted by Crippen LogP contribution is 2.19. The Kier molecular flexibility index (Phi) is 3.71. The smallest absolute Gasteiger partial charge is 0.263 e. The molecule has 15 heavy (non-hydrogen) atoms. The fourth-order valence-electron chi connectivity index (χ4n) is 0.959. The van der Waals surface area contributed by atoms with E-state index >= 15 is 0 Å². The molecule has 0 spiro atoms. The molecule has 0 aliphatic carbocycles. The highest BCUT2D eigenvalue weighted by atomic mass is 32.1. The summed E-state index contributed by atoms with van der Waals surface area (Å²) in [5, 5.41) is 13.5. The summed E-state index contributed by atoms with van der Waals surface area (Å²) in [6.45, 7) is 4.23. The predicted octanol–water partition coefficient (Wildman–Crippen LogP) is 1.08. The molecule has 0 aliphatic rings. The average Bonchev–Trinajstić information content (AvgIpc) is 2.61. The third kappa shape index (κ3) is 3.21. The summed E-state index contributed by atoms with van der Waals surface area (Å²) in [6, 6.07) is 1.71. The molecule has 0 unspecified atom stereocenters. The Balaban J connectivity index is 2.55. The molecule has 4 N–H and O–H groups in total. The van der Waals surface area contributed by atoms with E-state index in [4.69, 9.17) is 10.8 Å². The van der Waals surface area contributed by atoms with Crippen molar-refractivity contribution in [1.82, 2.24) is 5.32 Å². The van der Waals surface area contributed by atoms with Gasteiger partial charge in [0.1, 0.15) is 4.88 Å². The van der Waals surface area contributed by atoms with Crippen LogP contribution in [0, 0.1) is 5.41 Å². The molecule has 5 heteroatoms. The first-order valence-corrected chi connectivity index (χ1v) is 5.56. The minimum atomic E-state index is -0.304. The van der Waals surface area contributed by atoms with Gasteiger partial charge in [-0.05, 0) is 11.4 Å². The number of aliphatic hydroxyl groups is 1. The Morgan fingerprint density at radius 1 is 1.67 bits per heavy atom. The van der Waals surface area contributed by atoms with Crippen molar-refractivity contribution in [3.63, 3.8) is 0 Å². The van der Waals surface area contributed by atoms with Gasteiger partial charge in [-0.2, -0.15) is 0 Å². The highest BCUT2D eigenvalue weighted by molar-refractivity contribution is 7.12. The zero-order valence-electron chi connectivity index (χ0n) is 8.91. The molecule has 0 aliphatic heterocycles. The monoisotopic (exact) mass is 228 g/mol. The van der Waals surface area contributed by atoms with Crippen molar-refractivity contribution in [2.45, 2.75) is 13.8 Å². The molecule has 0 saturated carbocycles. The number of carbonyl (C=O) groups is 1. The van der Waals surface area contributed by atoms with E-state index < -0.39 is 0 Å². The van der Waals surface area contributed by atoms with Gasteiger partial charge in [0, 0.05) is 18.6 Å². The minimum absolute atomic E-state index is 0.0349. The van der Waals surface area contributed by atoms with Crippen LogP contribution in [0.15, 0.2) is 11.4 Å². The third-order valence-electron chi connectivity index (χ3n) is 2.06. The van der Waals surface area contributed by atoms with Crippen molar-refractivity contribution in [2.24, 2.45) is 5.41 Å². The topological polar surface area (TPSA) is 75.3 Å². The van der Waals surface area contributed by atoms with Crippen molar-refractivity contribution in [3.05, 3.63) is 16.3 Å². The molecule has 0 aromatic carbocycles. The number of nitrogen functional groups attached to an aromatic ring is 1. The van der Waals surface area contributed by atoms with Crippen molar-refractivity contribution in [3.8, 4) is 0 Å². The summed E-state index contributed by atoms with van der Waals surface area (Å²) >= 11 is 1.32. The molecule has 84 valence electrons. The van der Waals surface area contributed by atoms with Gasteiger partial charge >= 0.3 is 0 Å². The zero-order chi connectivity index (χ0) is 11.5. The largest absolute Gasteiger partial charge is 0.397 e. The van der Waals surface area contributed by atoms with Crippen LogP contribution in [0.2, 0.25) is 0 Å². The van der Waals surface area contributed by atoms with Crippen LogP contribution >= 0.6 is 11.3 Å². The van der Waals surface area contributed by atoms with Gasteiger partial charge in [0.2, 0.25) is 0 Å². The molecule has 1 aromatic rings. The van der Waals surface area contributed by atoms with Gasteiger partial charge < -0.3 is 16.2 Å². The van der Waals surface area contributed by atoms with Gasteiger partial charge in [-0.1, -0.05) is 13.8 Å². The van der Waals surface area contributed by atoms with Gasteiger partial charge in [-0.15, -0.1) is 11.3 Å². The Labute approximate surface area is 93.1 Å². The van der Waals surface area contributed by atoms with Crippen LogP contribution in [0.3, 0.4) is 0 Å². The second kappa shape index (κ2) is 4.63. The molecule has 1 aromatic heterocycles. The molecular formula is C10H16N2O2S. The Morgan fingerprint density at radius 3 is 2.80 bits per heavy atom. The Bertz CT molecular complexity index is 347. The number of nitrogens with one attached hydrogen (secondary N) is 1.